The fourth-order valence-corrected chi connectivity index (χ4v) is 2.93. The number of anilines is 1. The van der Waals surface area contributed by atoms with Crippen LogP contribution in [0, 0.1) is 6.92 Å². The molecule has 1 aromatic carbocycles. The Balaban J connectivity index is 1.86. The number of halogens is 3. The van der Waals surface area contributed by atoms with Gasteiger partial charge in [0, 0.05) is 23.3 Å². The van der Waals surface area contributed by atoms with E-state index in [1.54, 1.807) is 12.3 Å². The topological polar surface area (TPSA) is 77.4 Å². The van der Waals surface area contributed by atoms with Crippen molar-refractivity contribution >= 4 is 28.9 Å². The number of hydrogen-bond acceptors (Lipinski definition) is 5. The average molecular weight is 402 g/mol. The third-order valence-corrected chi connectivity index (χ3v) is 4.55. The van der Waals surface area contributed by atoms with E-state index in [1.807, 2.05) is 0 Å². The number of amides is 1. The summed E-state index contributed by atoms with van der Waals surface area (Å²) in [5.41, 5.74) is 0.0428. The van der Waals surface area contributed by atoms with Crippen LogP contribution in [0.15, 0.2) is 34.4 Å². The second kappa shape index (κ2) is 8.38. The molecule has 0 spiro atoms. The zero-order chi connectivity index (χ0) is 20.2. The summed E-state index contributed by atoms with van der Waals surface area (Å²) < 4.78 is 44.0. The Morgan fingerprint density at radius 2 is 1.89 bits per heavy atom. The number of rotatable bonds is 6. The minimum Gasteiger partial charge on any atom is -0.452 e. The van der Waals surface area contributed by atoms with Crippen molar-refractivity contribution < 1.29 is 27.5 Å². The number of thiazole rings is 1. The van der Waals surface area contributed by atoms with Gasteiger partial charge in [0.2, 0.25) is 0 Å². The summed E-state index contributed by atoms with van der Waals surface area (Å²) in [5.74, 6) is -1.34. The molecule has 27 heavy (non-hydrogen) atoms. The molecule has 2 rings (SSSR count). The van der Waals surface area contributed by atoms with Gasteiger partial charge in [0.1, 0.15) is 0 Å². The van der Waals surface area contributed by atoms with Crippen molar-refractivity contribution in [3.8, 4) is 0 Å². The molecule has 0 saturated heterocycles. The molecule has 146 valence electrons. The quantitative estimate of drug-likeness (QED) is 0.753. The number of carbonyl (C=O) groups excluding carboxylic acids is 2. The summed E-state index contributed by atoms with van der Waals surface area (Å²) in [4.78, 5) is 35.2. The largest absolute Gasteiger partial charge is 0.452 e. The number of ether oxygens (including phenoxy) is 1. The second-order valence-corrected chi connectivity index (χ2v) is 6.56. The smallest absolute Gasteiger partial charge is 0.416 e. The third kappa shape index (κ3) is 5.68. The number of alkyl halides is 3. The molecule has 1 amide bonds. The maximum Gasteiger partial charge on any atom is 0.416 e. The van der Waals surface area contributed by atoms with E-state index < -0.39 is 29.7 Å². The Hall–Kier alpha value is -2.62. The van der Waals surface area contributed by atoms with E-state index in [9.17, 15) is 27.6 Å². The molecule has 0 radical (unpaired) electrons. The first kappa shape index (κ1) is 20.7. The van der Waals surface area contributed by atoms with Gasteiger partial charge in [0.25, 0.3) is 5.91 Å². The zero-order valence-electron chi connectivity index (χ0n) is 14.5. The number of aryl methyl sites for hydroxylation is 1. The molecular weight excluding hydrogens is 385 g/mol. The Bertz CT molecular complexity index is 872. The van der Waals surface area contributed by atoms with E-state index in [2.05, 4.69) is 5.32 Å². The lowest BCUT2D eigenvalue weighted by atomic mass is 10.2. The maximum absolute atomic E-state index is 12.5. The highest BCUT2D eigenvalue weighted by Gasteiger charge is 2.30. The van der Waals surface area contributed by atoms with Crippen LogP contribution in [0.5, 0.6) is 0 Å². The van der Waals surface area contributed by atoms with Crippen molar-refractivity contribution in [2.75, 3.05) is 5.32 Å². The van der Waals surface area contributed by atoms with E-state index in [1.165, 1.54) is 11.5 Å². The SMILES string of the molecule is Cc1csc(=O)n1CCC(=O)OC(C)C(=O)Nc1ccc(C(F)(F)F)cc1. The van der Waals surface area contributed by atoms with Crippen LogP contribution in [0.3, 0.4) is 0 Å². The van der Waals surface area contributed by atoms with Gasteiger partial charge in [-0.25, -0.2) is 0 Å². The summed E-state index contributed by atoms with van der Waals surface area (Å²) in [6.07, 6.45) is -5.69. The van der Waals surface area contributed by atoms with Gasteiger partial charge in [-0.05, 0) is 38.1 Å². The van der Waals surface area contributed by atoms with Crippen LogP contribution in [-0.2, 0) is 27.0 Å². The summed E-state index contributed by atoms with van der Waals surface area (Å²) in [6, 6.07) is 3.91. The van der Waals surface area contributed by atoms with Crippen LogP contribution in [0.4, 0.5) is 18.9 Å². The molecule has 1 aromatic heterocycles. The van der Waals surface area contributed by atoms with Crippen LogP contribution in [0.25, 0.3) is 0 Å². The molecule has 1 atom stereocenters. The highest BCUT2D eigenvalue weighted by atomic mass is 32.1. The minimum absolute atomic E-state index is 0.0879. The van der Waals surface area contributed by atoms with Gasteiger partial charge >= 0.3 is 17.0 Å². The van der Waals surface area contributed by atoms with Crippen LogP contribution in [-0.4, -0.2) is 22.5 Å². The van der Waals surface area contributed by atoms with Crippen molar-refractivity contribution in [3.05, 3.63) is 50.6 Å². The van der Waals surface area contributed by atoms with Crippen molar-refractivity contribution in [2.24, 2.45) is 0 Å². The maximum atomic E-state index is 12.5. The van der Waals surface area contributed by atoms with E-state index in [0.29, 0.717) is 0 Å². The molecule has 1 unspecified atom stereocenters. The van der Waals surface area contributed by atoms with Crippen molar-refractivity contribution in [1.29, 1.82) is 0 Å². The monoisotopic (exact) mass is 402 g/mol. The summed E-state index contributed by atoms with van der Waals surface area (Å²) in [5, 5.41) is 4.05. The Labute approximate surface area is 156 Å². The van der Waals surface area contributed by atoms with E-state index in [0.717, 1.165) is 41.3 Å². The lowest BCUT2D eigenvalue weighted by molar-refractivity contribution is -0.153. The molecule has 0 aliphatic carbocycles. The number of nitrogens with one attached hydrogen (secondary N) is 1. The summed E-state index contributed by atoms with van der Waals surface area (Å²) in [7, 11) is 0. The number of nitrogens with zero attached hydrogens (tertiary/aromatic N) is 1. The van der Waals surface area contributed by atoms with E-state index in [-0.39, 0.29) is 23.5 Å². The number of aromatic nitrogens is 1. The molecule has 2 aromatic rings. The number of esters is 1. The molecule has 10 heteroatoms. The molecule has 0 bridgehead atoms. The normalized spacial score (nSPS) is 12.5. The van der Waals surface area contributed by atoms with Gasteiger partial charge in [-0.1, -0.05) is 11.3 Å². The standard InChI is InChI=1S/C17H17F3N2O4S/c1-10-9-27-16(25)22(10)8-7-14(23)26-11(2)15(24)21-13-5-3-12(4-6-13)17(18,19)20/h3-6,9,11H,7-8H2,1-2H3,(H,21,24). The molecule has 1 heterocycles. The molecule has 0 fully saturated rings. The Kier molecular flexibility index (Phi) is 6.42. The highest BCUT2D eigenvalue weighted by molar-refractivity contribution is 7.07. The molecule has 0 saturated carbocycles. The van der Waals surface area contributed by atoms with Crippen molar-refractivity contribution in [3.63, 3.8) is 0 Å². The molecular formula is C17H17F3N2O4S. The van der Waals surface area contributed by atoms with Gasteiger partial charge in [-0.15, -0.1) is 0 Å². The van der Waals surface area contributed by atoms with Crippen LogP contribution >= 0.6 is 11.3 Å². The lowest BCUT2D eigenvalue weighted by Gasteiger charge is -2.14. The second-order valence-electron chi connectivity index (χ2n) is 5.74. The minimum atomic E-state index is -4.46. The van der Waals surface area contributed by atoms with E-state index >= 15 is 0 Å². The number of carbonyl (C=O) groups is 2. The van der Waals surface area contributed by atoms with Gasteiger partial charge in [0.15, 0.2) is 6.10 Å². The molecule has 6 nitrogen and oxygen atoms in total. The summed E-state index contributed by atoms with van der Waals surface area (Å²) in [6.45, 7) is 3.23. The summed E-state index contributed by atoms with van der Waals surface area (Å²) >= 11 is 1.03. The van der Waals surface area contributed by atoms with Crippen molar-refractivity contribution in [1.82, 2.24) is 4.57 Å². The Morgan fingerprint density at radius 1 is 1.26 bits per heavy atom. The highest BCUT2D eigenvalue weighted by Crippen LogP contribution is 2.29. The van der Waals surface area contributed by atoms with Crippen LogP contribution < -0.4 is 10.2 Å². The van der Waals surface area contributed by atoms with Crippen LogP contribution in [0.2, 0.25) is 0 Å². The molecule has 0 aliphatic heterocycles. The fourth-order valence-electron chi connectivity index (χ4n) is 2.17. The first-order valence-corrected chi connectivity index (χ1v) is 8.78. The van der Waals surface area contributed by atoms with Gasteiger partial charge in [-0.3, -0.25) is 14.4 Å². The number of hydrogen-bond donors (Lipinski definition) is 1. The predicted molar refractivity (Wildman–Crippen MR) is 93.6 cm³/mol. The van der Waals surface area contributed by atoms with Gasteiger partial charge in [0.05, 0.1) is 12.0 Å². The molecule has 0 aliphatic rings. The van der Waals surface area contributed by atoms with E-state index in [4.69, 9.17) is 4.74 Å². The number of benzene rings is 1. The lowest BCUT2D eigenvalue weighted by Crippen LogP contribution is -2.30. The predicted octanol–water partition coefficient (Wildman–Crippen LogP) is 3.20. The van der Waals surface area contributed by atoms with Crippen LogP contribution in [0.1, 0.15) is 24.6 Å². The zero-order valence-corrected chi connectivity index (χ0v) is 15.3. The molecule has 1 N–H and O–H groups in total. The first-order chi connectivity index (χ1) is 12.6. The fraction of sp³-hybridized carbons (Fsp3) is 0.353. The first-order valence-electron chi connectivity index (χ1n) is 7.90. The van der Waals surface area contributed by atoms with Gasteiger partial charge < -0.3 is 14.6 Å². The Morgan fingerprint density at radius 3 is 2.41 bits per heavy atom. The third-order valence-electron chi connectivity index (χ3n) is 3.67. The van der Waals surface area contributed by atoms with Gasteiger partial charge in [-0.2, -0.15) is 13.2 Å². The average Bonchev–Trinajstić information content (AvgIpc) is 2.90. The van der Waals surface area contributed by atoms with Crippen molar-refractivity contribution in [2.45, 2.75) is 39.1 Å².